The second-order valence-corrected chi connectivity index (χ2v) is 13.0. The number of carbonyl (C=O) groups excluding carboxylic acids is 7. The molecule has 2 unspecified atom stereocenters. The number of imide groups is 1. The van der Waals surface area contributed by atoms with Gasteiger partial charge in [0.05, 0.1) is 37.3 Å². The van der Waals surface area contributed by atoms with Gasteiger partial charge in [0.25, 0.3) is 12.4 Å². The fourth-order valence-electron chi connectivity index (χ4n) is 4.81. The average molecular weight is 712 g/mol. The van der Waals surface area contributed by atoms with E-state index in [2.05, 4.69) is 26.0 Å². The molecule has 1 saturated heterocycles. The number of nitrogens with one attached hydrogen (secondary N) is 4. The average Bonchev–Trinajstić information content (AvgIpc) is 3.29. The highest BCUT2D eigenvalue weighted by Crippen LogP contribution is 2.26. The van der Waals surface area contributed by atoms with Gasteiger partial charge in [-0.05, 0) is 38.5 Å². The van der Waals surface area contributed by atoms with Crippen LogP contribution in [0.3, 0.4) is 0 Å². The summed E-state index contributed by atoms with van der Waals surface area (Å²) < 4.78 is 15.4. The molecule has 1 aliphatic heterocycles. The van der Waals surface area contributed by atoms with Gasteiger partial charge in [0.2, 0.25) is 29.5 Å². The Morgan fingerprint density at radius 3 is 2.22 bits per heavy atom. The molecule has 0 spiro atoms. The van der Waals surface area contributed by atoms with E-state index in [1.165, 1.54) is 0 Å². The Labute approximate surface area is 287 Å². The molecule has 1 heterocycles. The number of hydrogen-bond donors (Lipinski definition) is 5. The van der Waals surface area contributed by atoms with Gasteiger partial charge in [-0.25, -0.2) is 4.79 Å². The maximum Gasteiger partial charge on any atom is 0.327 e. The van der Waals surface area contributed by atoms with Gasteiger partial charge < -0.3 is 40.6 Å². The van der Waals surface area contributed by atoms with Crippen LogP contribution in [-0.2, 0) is 52.6 Å². The molecule has 0 aromatic rings. The van der Waals surface area contributed by atoms with E-state index in [1.54, 1.807) is 0 Å². The lowest BCUT2D eigenvalue weighted by atomic mass is 9.93. The van der Waals surface area contributed by atoms with Crippen LogP contribution in [-0.4, -0.2) is 133 Å². The molecule has 2 saturated carbocycles. The minimum atomic E-state index is -1.49. The zero-order valence-electron chi connectivity index (χ0n) is 27.3. The van der Waals surface area contributed by atoms with Gasteiger partial charge in [-0.15, -0.1) is 11.8 Å². The van der Waals surface area contributed by atoms with Gasteiger partial charge in [0.1, 0.15) is 12.6 Å². The number of carboxylic acid groups (broad SMARTS) is 1. The molecule has 49 heavy (non-hydrogen) atoms. The molecule has 0 aromatic carbocycles. The smallest absolute Gasteiger partial charge is 0.327 e. The molecule has 18 heteroatoms. The highest BCUT2D eigenvalue weighted by Gasteiger charge is 2.39. The normalized spacial score (nSPS) is 18.6. The number of rotatable bonds is 24. The maximum absolute atomic E-state index is 12.9. The SMILES string of the molecule is O=COC/C(=C/C(=O)NC1CCC1)C(=O)NC(CSC1CC(=O)N(CCC(=O)NCCOCCOCCC(=O)NC2CCC2)C1=O)C(=O)O. The van der Waals surface area contributed by atoms with Crippen LogP contribution in [0.5, 0.6) is 0 Å². The Balaban J connectivity index is 1.31. The topological polar surface area (TPSA) is 236 Å². The predicted octanol–water partition coefficient (Wildman–Crippen LogP) is -1.22. The van der Waals surface area contributed by atoms with Crippen molar-refractivity contribution < 1.29 is 57.7 Å². The van der Waals surface area contributed by atoms with Crippen molar-refractivity contribution in [1.29, 1.82) is 0 Å². The second-order valence-electron chi connectivity index (χ2n) is 11.8. The molecule has 3 fully saturated rings. The molecule has 3 aliphatic rings. The highest BCUT2D eigenvalue weighted by molar-refractivity contribution is 8.00. The van der Waals surface area contributed by atoms with Gasteiger partial charge in [-0.2, -0.15) is 0 Å². The second kappa shape index (κ2) is 21.1. The first-order valence-electron chi connectivity index (χ1n) is 16.3. The molecule has 0 aromatic heterocycles. The molecule has 5 N–H and O–H groups in total. The fourth-order valence-corrected chi connectivity index (χ4v) is 5.99. The zero-order chi connectivity index (χ0) is 35.6. The van der Waals surface area contributed by atoms with Crippen molar-refractivity contribution in [3.8, 4) is 0 Å². The zero-order valence-corrected chi connectivity index (χ0v) is 28.1. The summed E-state index contributed by atoms with van der Waals surface area (Å²) >= 11 is 0.867. The number of likely N-dealkylation sites (tertiary alicyclic amines) is 1. The Kier molecular flexibility index (Phi) is 17.0. The first kappa shape index (κ1) is 39.4. The van der Waals surface area contributed by atoms with E-state index in [4.69, 9.17) is 9.47 Å². The lowest BCUT2D eigenvalue weighted by Gasteiger charge is -2.26. The summed E-state index contributed by atoms with van der Waals surface area (Å²) in [6, 6.07) is -1.22. The van der Waals surface area contributed by atoms with E-state index in [-0.39, 0.29) is 75.3 Å². The summed E-state index contributed by atoms with van der Waals surface area (Å²) in [6.45, 7) is 0.669. The van der Waals surface area contributed by atoms with Crippen molar-refractivity contribution in [1.82, 2.24) is 26.2 Å². The van der Waals surface area contributed by atoms with Gasteiger partial charge >= 0.3 is 5.97 Å². The molecule has 0 bridgehead atoms. The molecule has 0 radical (unpaired) electrons. The van der Waals surface area contributed by atoms with Gasteiger partial charge in [0, 0.05) is 56.3 Å². The Bertz CT molecular complexity index is 1240. The third kappa shape index (κ3) is 14.2. The molecule has 2 atom stereocenters. The summed E-state index contributed by atoms with van der Waals surface area (Å²) in [5.74, 6) is -4.73. The lowest BCUT2D eigenvalue weighted by molar-refractivity contribution is -0.141. The van der Waals surface area contributed by atoms with Crippen molar-refractivity contribution in [2.24, 2.45) is 0 Å². The fraction of sp³-hybridized carbons (Fsp3) is 0.677. The largest absolute Gasteiger partial charge is 0.480 e. The Hall–Kier alpha value is -4.03. The van der Waals surface area contributed by atoms with Crippen LogP contribution in [0.2, 0.25) is 0 Å². The summed E-state index contributed by atoms with van der Waals surface area (Å²) in [5.41, 5.74) is -0.270. The standard InChI is InChI=1S/C31H45N5O12S/c37-19-48-17-20(15-27(40)34-22-5-2-6-22)29(42)35-23(31(44)45)18-49-24-16-28(41)36(30(24)43)10-7-25(38)32-9-12-47-14-13-46-11-8-26(39)33-21-3-1-4-21/h15,19,21-24H,1-14,16-18H2,(H,32,38)(H,33,39)(H,34,40)(H,35,42)(H,44,45)/b20-15-. The first-order valence-corrected chi connectivity index (χ1v) is 17.4. The molecule has 272 valence electrons. The highest BCUT2D eigenvalue weighted by atomic mass is 32.2. The van der Waals surface area contributed by atoms with E-state index < -0.39 is 53.4 Å². The van der Waals surface area contributed by atoms with E-state index in [0.717, 1.165) is 61.3 Å². The molecule has 17 nitrogen and oxygen atoms in total. The third-order valence-electron chi connectivity index (χ3n) is 8.07. The van der Waals surface area contributed by atoms with Crippen molar-refractivity contribution in [2.75, 3.05) is 51.9 Å². The number of nitrogens with zero attached hydrogens (tertiary/aromatic N) is 1. The number of amides is 6. The van der Waals surface area contributed by atoms with Crippen LogP contribution in [0.15, 0.2) is 11.6 Å². The number of aliphatic carboxylic acids is 1. The summed E-state index contributed by atoms with van der Waals surface area (Å²) in [7, 11) is 0. The third-order valence-corrected chi connectivity index (χ3v) is 9.37. The summed E-state index contributed by atoms with van der Waals surface area (Å²) in [4.78, 5) is 97.9. The number of ether oxygens (including phenoxy) is 3. The van der Waals surface area contributed by atoms with Crippen LogP contribution >= 0.6 is 11.8 Å². The summed E-state index contributed by atoms with van der Waals surface area (Å²) in [5, 5.41) is 19.3. The molecule has 3 rings (SSSR count). The summed E-state index contributed by atoms with van der Waals surface area (Å²) in [6.07, 6.45) is 6.66. The van der Waals surface area contributed by atoms with Crippen LogP contribution < -0.4 is 21.3 Å². The van der Waals surface area contributed by atoms with Crippen LogP contribution in [0.4, 0.5) is 0 Å². The van der Waals surface area contributed by atoms with Crippen molar-refractivity contribution >= 4 is 59.6 Å². The number of hydrogen-bond acceptors (Lipinski definition) is 12. The molecule has 2 aliphatic carbocycles. The minimum Gasteiger partial charge on any atom is -0.480 e. The van der Waals surface area contributed by atoms with Gasteiger partial charge in [0.15, 0.2) is 0 Å². The Morgan fingerprint density at radius 1 is 0.918 bits per heavy atom. The van der Waals surface area contributed by atoms with E-state index >= 15 is 0 Å². The minimum absolute atomic E-state index is 0.0194. The molecule has 6 amide bonds. The van der Waals surface area contributed by atoms with Crippen LogP contribution in [0.25, 0.3) is 0 Å². The predicted molar refractivity (Wildman–Crippen MR) is 173 cm³/mol. The van der Waals surface area contributed by atoms with Crippen molar-refractivity contribution in [3.63, 3.8) is 0 Å². The van der Waals surface area contributed by atoms with Crippen molar-refractivity contribution in [3.05, 3.63) is 11.6 Å². The lowest BCUT2D eigenvalue weighted by Crippen LogP contribution is -2.45. The maximum atomic E-state index is 12.9. The molecular formula is C31H45N5O12S. The Morgan fingerprint density at radius 2 is 1.59 bits per heavy atom. The number of carbonyl (C=O) groups is 8. The number of thioether (sulfide) groups is 1. The van der Waals surface area contributed by atoms with E-state index in [1.807, 2.05) is 0 Å². The quantitative estimate of drug-likeness (QED) is 0.0342. The van der Waals surface area contributed by atoms with Crippen molar-refractivity contribution in [2.45, 2.75) is 81.2 Å². The van der Waals surface area contributed by atoms with Crippen LogP contribution in [0, 0.1) is 0 Å². The number of carboxylic acids is 1. The van der Waals surface area contributed by atoms with Gasteiger partial charge in [-0.3, -0.25) is 38.5 Å². The first-order chi connectivity index (χ1) is 23.6. The van der Waals surface area contributed by atoms with Crippen LogP contribution in [0.1, 0.15) is 57.8 Å². The van der Waals surface area contributed by atoms with Gasteiger partial charge in [-0.1, -0.05) is 0 Å². The van der Waals surface area contributed by atoms with E-state index in [0.29, 0.717) is 19.3 Å². The monoisotopic (exact) mass is 711 g/mol. The van der Waals surface area contributed by atoms with E-state index in [9.17, 15) is 43.5 Å². The molecular weight excluding hydrogens is 666 g/mol.